The number of H-pyrrole nitrogens is 1. The molecule has 0 saturated carbocycles. The Balaban J connectivity index is 1.72. The fourth-order valence-corrected chi connectivity index (χ4v) is 3.11. The Labute approximate surface area is 160 Å². The third kappa shape index (κ3) is 3.11. The Kier molecular flexibility index (Phi) is 4.57. The van der Waals surface area contributed by atoms with E-state index in [1.165, 1.54) is 7.11 Å². The number of esters is 1. The van der Waals surface area contributed by atoms with Crippen molar-refractivity contribution in [3.05, 3.63) is 69.5 Å². The molecule has 0 bridgehead atoms. The quantitative estimate of drug-likeness (QED) is 0.548. The molecule has 0 saturated heterocycles. The summed E-state index contributed by atoms with van der Waals surface area (Å²) in [5, 5.41) is 0. The molecule has 7 heteroatoms. The minimum Gasteiger partial charge on any atom is -0.490 e. The van der Waals surface area contributed by atoms with E-state index in [-0.39, 0.29) is 11.4 Å². The molecular formula is C21H18N2O5. The molecule has 0 fully saturated rings. The van der Waals surface area contributed by atoms with E-state index in [4.69, 9.17) is 14.2 Å². The molecule has 0 radical (unpaired) electrons. The van der Waals surface area contributed by atoms with Crippen molar-refractivity contribution in [2.24, 2.45) is 0 Å². The number of ether oxygens (including phenoxy) is 3. The molecule has 0 aliphatic carbocycles. The lowest BCUT2D eigenvalue weighted by Gasteiger charge is -2.21. The van der Waals surface area contributed by atoms with Gasteiger partial charge >= 0.3 is 5.97 Å². The van der Waals surface area contributed by atoms with Crippen molar-refractivity contribution in [2.75, 3.05) is 13.7 Å². The lowest BCUT2D eigenvalue weighted by molar-refractivity contribution is 0.0600. The maximum absolute atomic E-state index is 12.6. The van der Waals surface area contributed by atoms with Gasteiger partial charge in [0.2, 0.25) is 5.88 Å². The highest BCUT2D eigenvalue weighted by Gasteiger charge is 2.25. The molecule has 4 rings (SSSR count). The van der Waals surface area contributed by atoms with Crippen LogP contribution in [0.4, 0.5) is 0 Å². The number of rotatable bonds is 4. The van der Waals surface area contributed by atoms with Crippen molar-refractivity contribution in [3.8, 4) is 28.8 Å². The number of benzene rings is 2. The van der Waals surface area contributed by atoms with Gasteiger partial charge in [0, 0.05) is 17.5 Å². The average Bonchev–Trinajstić information content (AvgIpc) is 2.73. The Morgan fingerprint density at radius 2 is 2.00 bits per heavy atom. The molecule has 28 heavy (non-hydrogen) atoms. The number of nitrogens with zero attached hydrogens (tertiary/aromatic N) is 1. The highest BCUT2D eigenvalue weighted by Crippen LogP contribution is 2.40. The van der Waals surface area contributed by atoms with Crippen molar-refractivity contribution in [2.45, 2.75) is 13.3 Å². The van der Waals surface area contributed by atoms with E-state index >= 15 is 0 Å². The van der Waals surface area contributed by atoms with Crippen LogP contribution < -0.4 is 15.0 Å². The molecular weight excluding hydrogens is 360 g/mol. The molecule has 0 unspecified atom stereocenters. The smallest absolute Gasteiger partial charge is 0.337 e. The number of carbonyl (C=O) groups is 1. The number of aromatic amines is 1. The number of aromatic nitrogens is 2. The van der Waals surface area contributed by atoms with E-state index in [0.717, 1.165) is 5.56 Å². The molecule has 142 valence electrons. The highest BCUT2D eigenvalue weighted by atomic mass is 16.5. The van der Waals surface area contributed by atoms with Crippen molar-refractivity contribution in [1.82, 2.24) is 9.97 Å². The Morgan fingerprint density at radius 3 is 2.71 bits per heavy atom. The standard InChI is InChI=1S/C21H18N2O5/c1-3-27-16-6-4-5-14-11-15-19(24)22-18(23-20(15)28-17(14)16)12-7-9-13(10-8-12)21(25)26-2/h4-10H,3,11H2,1-2H3,(H,22,23,24). The summed E-state index contributed by atoms with van der Waals surface area (Å²) in [6, 6.07) is 12.2. The highest BCUT2D eigenvalue weighted by molar-refractivity contribution is 5.89. The first kappa shape index (κ1) is 17.8. The molecule has 1 N–H and O–H groups in total. The zero-order valence-electron chi connectivity index (χ0n) is 15.4. The van der Waals surface area contributed by atoms with Gasteiger partial charge in [0.15, 0.2) is 11.5 Å². The number of methoxy groups -OCH3 is 1. The van der Waals surface area contributed by atoms with Gasteiger partial charge in [-0.05, 0) is 25.1 Å². The lowest BCUT2D eigenvalue weighted by atomic mass is 10.0. The first-order valence-electron chi connectivity index (χ1n) is 8.85. The monoisotopic (exact) mass is 378 g/mol. The molecule has 0 amide bonds. The van der Waals surface area contributed by atoms with E-state index < -0.39 is 5.97 Å². The molecule has 0 spiro atoms. The van der Waals surface area contributed by atoms with Gasteiger partial charge < -0.3 is 19.2 Å². The van der Waals surface area contributed by atoms with Crippen molar-refractivity contribution >= 4 is 5.97 Å². The largest absolute Gasteiger partial charge is 0.490 e. The van der Waals surface area contributed by atoms with E-state index in [2.05, 4.69) is 9.97 Å². The lowest BCUT2D eigenvalue weighted by Crippen LogP contribution is -2.20. The van der Waals surface area contributed by atoms with Gasteiger partial charge in [-0.25, -0.2) is 4.79 Å². The minimum atomic E-state index is -0.429. The number of hydrogen-bond acceptors (Lipinski definition) is 6. The summed E-state index contributed by atoms with van der Waals surface area (Å²) in [5.41, 5.74) is 2.15. The normalized spacial score (nSPS) is 11.8. The van der Waals surface area contributed by atoms with Crippen molar-refractivity contribution in [3.63, 3.8) is 0 Å². The van der Waals surface area contributed by atoms with Crippen LogP contribution in [0.5, 0.6) is 17.4 Å². The van der Waals surface area contributed by atoms with Crippen LogP contribution >= 0.6 is 0 Å². The van der Waals surface area contributed by atoms with Crippen LogP contribution in [0.15, 0.2) is 47.3 Å². The summed E-state index contributed by atoms with van der Waals surface area (Å²) in [7, 11) is 1.32. The van der Waals surface area contributed by atoms with Crippen LogP contribution in [0.3, 0.4) is 0 Å². The third-order valence-electron chi connectivity index (χ3n) is 4.48. The Morgan fingerprint density at radius 1 is 1.21 bits per heavy atom. The molecule has 1 aromatic heterocycles. The molecule has 3 aromatic rings. The molecule has 2 aromatic carbocycles. The molecule has 0 atom stereocenters. The number of fused-ring (bicyclic) bond motifs is 2. The fourth-order valence-electron chi connectivity index (χ4n) is 3.11. The summed E-state index contributed by atoms with van der Waals surface area (Å²) >= 11 is 0. The van der Waals surface area contributed by atoms with Crippen LogP contribution in [-0.2, 0) is 11.2 Å². The van der Waals surface area contributed by atoms with Crippen LogP contribution in [0.2, 0.25) is 0 Å². The van der Waals surface area contributed by atoms with Gasteiger partial charge in [-0.3, -0.25) is 4.79 Å². The SMILES string of the molecule is CCOc1cccc2c1Oc1nc(-c3ccc(C(=O)OC)cc3)[nH]c(=O)c1C2. The maximum atomic E-state index is 12.6. The number of hydrogen-bond donors (Lipinski definition) is 1. The van der Waals surface area contributed by atoms with Gasteiger partial charge in [0.1, 0.15) is 5.82 Å². The summed E-state index contributed by atoms with van der Waals surface area (Å²) < 4.78 is 16.3. The Hall–Kier alpha value is -3.61. The minimum absolute atomic E-state index is 0.260. The maximum Gasteiger partial charge on any atom is 0.337 e. The zero-order valence-corrected chi connectivity index (χ0v) is 15.4. The molecule has 7 nitrogen and oxygen atoms in total. The number of nitrogens with one attached hydrogen (secondary N) is 1. The van der Waals surface area contributed by atoms with Gasteiger partial charge in [-0.1, -0.05) is 24.3 Å². The molecule has 2 heterocycles. The van der Waals surface area contributed by atoms with E-state index in [1.807, 2.05) is 25.1 Å². The third-order valence-corrected chi connectivity index (χ3v) is 4.48. The van der Waals surface area contributed by atoms with Gasteiger partial charge in [0.05, 0.1) is 24.8 Å². The number of para-hydroxylation sites is 1. The predicted molar refractivity (Wildman–Crippen MR) is 102 cm³/mol. The van der Waals surface area contributed by atoms with Crippen molar-refractivity contribution < 1.29 is 19.0 Å². The summed E-state index contributed by atoms with van der Waals surface area (Å²) in [5.74, 6) is 1.40. The Bertz CT molecular complexity index is 1100. The second-order valence-electron chi connectivity index (χ2n) is 6.22. The first-order chi connectivity index (χ1) is 13.6. The number of carbonyl (C=O) groups excluding carboxylic acids is 1. The van der Waals surface area contributed by atoms with Gasteiger partial charge in [-0.2, -0.15) is 4.98 Å². The van der Waals surface area contributed by atoms with Gasteiger partial charge in [-0.15, -0.1) is 0 Å². The van der Waals surface area contributed by atoms with Gasteiger partial charge in [0.25, 0.3) is 5.56 Å². The van der Waals surface area contributed by atoms with E-state index in [9.17, 15) is 9.59 Å². The second kappa shape index (κ2) is 7.19. The van der Waals surface area contributed by atoms with Crippen LogP contribution in [0.1, 0.15) is 28.4 Å². The summed E-state index contributed by atoms with van der Waals surface area (Å²) in [6.45, 7) is 2.41. The van der Waals surface area contributed by atoms with Crippen molar-refractivity contribution in [1.29, 1.82) is 0 Å². The fraction of sp³-hybridized carbons (Fsp3) is 0.190. The van der Waals surface area contributed by atoms with Crippen LogP contribution in [0.25, 0.3) is 11.4 Å². The van der Waals surface area contributed by atoms with E-state index in [1.54, 1.807) is 24.3 Å². The van der Waals surface area contributed by atoms with Crippen LogP contribution in [-0.4, -0.2) is 29.7 Å². The molecule has 1 aliphatic heterocycles. The topological polar surface area (TPSA) is 90.5 Å². The van der Waals surface area contributed by atoms with E-state index in [0.29, 0.717) is 47.0 Å². The van der Waals surface area contributed by atoms with Crippen LogP contribution in [0, 0.1) is 0 Å². The second-order valence-corrected chi connectivity index (χ2v) is 6.22. The summed E-state index contributed by atoms with van der Waals surface area (Å²) in [4.78, 5) is 31.5. The molecule has 1 aliphatic rings. The average molecular weight is 378 g/mol. The predicted octanol–water partition coefficient (Wildman–Crippen LogP) is 3.32. The first-order valence-corrected chi connectivity index (χ1v) is 8.85. The summed E-state index contributed by atoms with van der Waals surface area (Å²) in [6.07, 6.45) is 0.412. The zero-order chi connectivity index (χ0) is 19.7.